The van der Waals surface area contributed by atoms with E-state index < -0.39 is 9.84 Å². The third-order valence-corrected chi connectivity index (χ3v) is 9.65. The molecule has 1 spiro atoms. The molecule has 2 saturated heterocycles. The van der Waals surface area contributed by atoms with Crippen LogP contribution in [0.1, 0.15) is 50.8 Å². The van der Waals surface area contributed by atoms with Gasteiger partial charge in [-0.05, 0) is 80.1 Å². The normalized spacial score (nSPS) is 38.2. The molecule has 0 aromatic carbocycles. The minimum Gasteiger partial charge on any atom is -0.300 e. The lowest BCUT2D eigenvalue weighted by Gasteiger charge is -2.38. The van der Waals surface area contributed by atoms with Crippen molar-refractivity contribution in [1.29, 1.82) is 0 Å². The maximum Gasteiger partial charge on any atom is 0.151 e. The average Bonchev–Trinajstić information content (AvgIpc) is 2.93. The number of sulfone groups is 1. The number of aromatic nitrogens is 2. The van der Waals surface area contributed by atoms with Crippen molar-refractivity contribution in [3.8, 4) is 0 Å². The highest BCUT2D eigenvalue weighted by Gasteiger charge is 2.60. The van der Waals surface area contributed by atoms with Crippen molar-refractivity contribution in [2.45, 2.75) is 51.1 Å². The minimum absolute atomic E-state index is 0.109. The molecule has 0 bridgehead atoms. The number of nitrogens with zero attached hydrogens (tertiary/aromatic N) is 3. The quantitative estimate of drug-likeness (QED) is 0.631. The van der Waals surface area contributed by atoms with Gasteiger partial charge in [-0.1, -0.05) is 0 Å². The van der Waals surface area contributed by atoms with Crippen molar-refractivity contribution in [1.82, 2.24) is 14.7 Å². The molecule has 2 saturated carbocycles. The predicted octanol–water partition coefficient (Wildman–Crippen LogP) is 2.68. The highest BCUT2D eigenvalue weighted by molar-refractivity contribution is 14.1. The Labute approximate surface area is 163 Å². The van der Waals surface area contributed by atoms with Crippen molar-refractivity contribution in [3.05, 3.63) is 15.5 Å². The molecule has 4 fully saturated rings. The van der Waals surface area contributed by atoms with E-state index in [0.29, 0.717) is 29.5 Å². The van der Waals surface area contributed by atoms with Crippen molar-refractivity contribution >= 4 is 32.4 Å². The molecule has 7 heteroatoms. The van der Waals surface area contributed by atoms with Gasteiger partial charge in [0.05, 0.1) is 11.5 Å². The van der Waals surface area contributed by atoms with E-state index in [4.69, 9.17) is 0 Å². The molecule has 5 nitrogen and oxygen atoms in total. The van der Waals surface area contributed by atoms with Crippen LogP contribution in [-0.2, 0) is 9.84 Å². The molecule has 138 valence electrons. The third-order valence-electron chi connectivity index (χ3n) is 7.02. The smallest absolute Gasteiger partial charge is 0.151 e. The fraction of sp³-hybridized carbons (Fsp3) is 0.833. The van der Waals surface area contributed by atoms with Crippen LogP contribution in [0, 0.1) is 21.0 Å². The van der Waals surface area contributed by atoms with Crippen molar-refractivity contribution < 1.29 is 8.42 Å². The fourth-order valence-corrected chi connectivity index (χ4v) is 8.80. The summed E-state index contributed by atoms with van der Waals surface area (Å²) in [6, 6.07) is 3.39. The van der Waals surface area contributed by atoms with Crippen LogP contribution in [0.5, 0.6) is 0 Å². The molecule has 1 aromatic heterocycles. The standard InChI is InChI=1S/C18H26IN3O2S/c1-11(2)22-15(7-16(19)20-22)17-13-5-12(6-14(13)17)21-4-3-18(8-21)9-25(23,24)10-18/h7,11-14,17H,3-6,8-10H2,1-2H3/t12?,13-,14+,17?. The van der Waals surface area contributed by atoms with E-state index in [-0.39, 0.29) is 5.41 Å². The van der Waals surface area contributed by atoms with E-state index in [1.54, 1.807) is 0 Å². The lowest BCUT2D eigenvalue weighted by molar-refractivity contribution is 0.201. The second kappa shape index (κ2) is 5.44. The van der Waals surface area contributed by atoms with Gasteiger partial charge < -0.3 is 0 Å². The van der Waals surface area contributed by atoms with Crippen LogP contribution in [-0.4, -0.2) is 53.7 Å². The van der Waals surface area contributed by atoms with Crippen LogP contribution < -0.4 is 0 Å². The fourth-order valence-electron chi connectivity index (χ4n) is 6.00. The van der Waals surface area contributed by atoms with Crippen molar-refractivity contribution in [2.75, 3.05) is 24.6 Å². The Morgan fingerprint density at radius 3 is 2.56 bits per heavy atom. The SMILES string of the molecule is CC(C)n1nc(I)cc1C1[C@H]2CC(N3CCC4(C3)CS(=O)(=O)C4)C[C@@H]12. The molecule has 4 aliphatic rings. The topological polar surface area (TPSA) is 55.2 Å². The summed E-state index contributed by atoms with van der Waals surface area (Å²) < 4.78 is 26.5. The highest BCUT2D eigenvalue weighted by Crippen LogP contribution is 2.64. The van der Waals surface area contributed by atoms with Gasteiger partial charge in [0, 0.05) is 35.7 Å². The molecule has 5 rings (SSSR count). The summed E-state index contributed by atoms with van der Waals surface area (Å²) in [7, 11) is -2.71. The molecule has 2 unspecified atom stereocenters. The number of likely N-dealkylation sites (tertiary alicyclic amines) is 1. The van der Waals surface area contributed by atoms with E-state index in [2.05, 4.69) is 57.2 Å². The van der Waals surface area contributed by atoms with Gasteiger partial charge in [-0.15, -0.1) is 0 Å². The summed E-state index contributed by atoms with van der Waals surface area (Å²) in [4.78, 5) is 2.61. The average molecular weight is 475 g/mol. The molecule has 0 amide bonds. The van der Waals surface area contributed by atoms with Gasteiger partial charge in [0.15, 0.2) is 9.84 Å². The molecule has 25 heavy (non-hydrogen) atoms. The molecule has 4 atom stereocenters. The molecule has 3 heterocycles. The zero-order valence-electron chi connectivity index (χ0n) is 14.9. The number of fused-ring (bicyclic) bond motifs is 1. The lowest BCUT2D eigenvalue weighted by Crippen LogP contribution is -2.50. The largest absolute Gasteiger partial charge is 0.300 e. The Morgan fingerprint density at radius 2 is 1.96 bits per heavy atom. The summed E-state index contributed by atoms with van der Waals surface area (Å²) in [5, 5.41) is 4.68. The Hall–Kier alpha value is -0.150. The van der Waals surface area contributed by atoms with E-state index in [1.807, 2.05) is 0 Å². The summed E-state index contributed by atoms with van der Waals surface area (Å²) >= 11 is 2.33. The molecule has 2 aliphatic heterocycles. The van der Waals surface area contributed by atoms with E-state index in [9.17, 15) is 8.42 Å². The molecule has 2 aliphatic carbocycles. The minimum atomic E-state index is -2.71. The zero-order chi connectivity index (χ0) is 17.6. The van der Waals surface area contributed by atoms with Crippen LogP contribution in [0.25, 0.3) is 0 Å². The van der Waals surface area contributed by atoms with Crippen LogP contribution in [0.3, 0.4) is 0 Å². The lowest BCUT2D eigenvalue weighted by atomic mass is 9.91. The van der Waals surface area contributed by atoms with Crippen LogP contribution in [0.4, 0.5) is 0 Å². The first-order valence-electron chi connectivity index (χ1n) is 9.46. The van der Waals surface area contributed by atoms with E-state index in [0.717, 1.165) is 35.0 Å². The van der Waals surface area contributed by atoms with E-state index >= 15 is 0 Å². The molecule has 0 radical (unpaired) electrons. The van der Waals surface area contributed by atoms with Gasteiger partial charge in [0.2, 0.25) is 0 Å². The Morgan fingerprint density at radius 1 is 1.28 bits per heavy atom. The molecular weight excluding hydrogens is 449 g/mol. The molecular formula is C18H26IN3O2S. The van der Waals surface area contributed by atoms with Gasteiger partial charge >= 0.3 is 0 Å². The monoisotopic (exact) mass is 475 g/mol. The summed E-state index contributed by atoms with van der Waals surface area (Å²) in [6.45, 7) is 6.54. The Kier molecular flexibility index (Phi) is 3.69. The third kappa shape index (κ3) is 2.71. The predicted molar refractivity (Wildman–Crippen MR) is 105 cm³/mol. The Balaban J connectivity index is 1.23. The van der Waals surface area contributed by atoms with Gasteiger partial charge in [0.25, 0.3) is 0 Å². The van der Waals surface area contributed by atoms with Gasteiger partial charge in [-0.3, -0.25) is 9.58 Å². The highest BCUT2D eigenvalue weighted by atomic mass is 127. The zero-order valence-corrected chi connectivity index (χ0v) is 17.8. The first-order valence-corrected chi connectivity index (χ1v) is 12.4. The van der Waals surface area contributed by atoms with Crippen LogP contribution in [0.15, 0.2) is 6.07 Å². The van der Waals surface area contributed by atoms with Crippen LogP contribution in [0.2, 0.25) is 0 Å². The second-order valence-electron chi connectivity index (χ2n) is 9.16. The number of halogens is 1. The number of hydrogen-bond acceptors (Lipinski definition) is 4. The second-order valence-corrected chi connectivity index (χ2v) is 12.3. The van der Waals surface area contributed by atoms with Gasteiger partial charge in [-0.25, -0.2) is 8.42 Å². The summed E-state index contributed by atoms with van der Waals surface area (Å²) in [5.74, 6) is 3.21. The summed E-state index contributed by atoms with van der Waals surface area (Å²) in [6.07, 6.45) is 3.66. The first-order chi connectivity index (χ1) is 11.8. The van der Waals surface area contributed by atoms with E-state index in [1.165, 1.54) is 18.5 Å². The maximum absolute atomic E-state index is 11.6. The number of hydrogen-bond donors (Lipinski definition) is 0. The van der Waals surface area contributed by atoms with Crippen LogP contribution >= 0.6 is 22.6 Å². The van der Waals surface area contributed by atoms with Gasteiger partial charge in [0.1, 0.15) is 3.70 Å². The maximum atomic E-state index is 11.6. The van der Waals surface area contributed by atoms with Crippen molar-refractivity contribution in [2.24, 2.45) is 17.3 Å². The molecule has 1 aromatic rings. The molecule has 0 N–H and O–H groups in total. The van der Waals surface area contributed by atoms with Gasteiger partial charge in [-0.2, -0.15) is 5.10 Å². The van der Waals surface area contributed by atoms with Crippen molar-refractivity contribution in [3.63, 3.8) is 0 Å². The number of rotatable bonds is 3. The first kappa shape index (κ1) is 17.0. The Bertz CT molecular complexity index is 794. The summed E-state index contributed by atoms with van der Waals surface area (Å²) in [5.41, 5.74) is 1.55.